The fraction of sp³-hybridized carbons (Fsp3) is 0.286. The van der Waals surface area contributed by atoms with Crippen molar-refractivity contribution in [3.63, 3.8) is 0 Å². The lowest BCUT2D eigenvalue weighted by Crippen LogP contribution is -2.37. The van der Waals surface area contributed by atoms with Gasteiger partial charge in [0.2, 0.25) is 0 Å². The Kier molecular flexibility index (Phi) is 2.67. The summed E-state index contributed by atoms with van der Waals surface area (Å²) in [7, 11) is 0. The van der Waals surface area contributed by atoms with Gasteiger partial charge in [-0.05, 0) is 13.0 Å². The predicted octanol–water partition coefficient (Wildman–Crippen LogP) is 0.901. The lowest BCUT2D eigenvalue weighted by molar-refractivity contribution is -0.112. The maximum Gasteiger partial charge on any atom is 0.198 e. The summed E-state index contributed by atoms with van der Waals surface area (Å²) in [5, 5.41) is 29.1. The molecule has 1 heterocycles. The fourth-order valence-corrected chi connectivity index (χ4v) is 2.67. The van der Waals surface area contributed by atoms with Crippen LogP contribution in [0.4, 0.5) is 0 Å². The average Bonchev–Trinajstić information content (AvgIpc) is 2.34. The first kappa shape index (κ1) is 12.8. The largest absolute Gasteiger partial charge is 0.508 e. The van der Waals surface area contributed by atoms with Gasteiger partial charge in [-0.25, -0.2) is 0 Å². The van der Waals surface area contributed by atoms with Gasteiger partial charge >= 0.3 is 0 Å². The Labute approximate surface area is 113 Å². The van der Waals surface area contributed by atoms with Crippen LogP contribution in [0, 0.1) is 0 Å². The van der Waals surface area contributed by atoms with Gasteiger partial charge in [0.1, 0.15) is 11.5 Å². The minimum Gasteiger partial charge on any atom is -0.508 e. The van der Waals surface area contributed by atoms with E-state index in [9.17, 15) is 24.9 Å². The normalized spacial score (nSPS) is 25.5. The first-order valence-corrected chi connectivity index (χ1v) is 6.12. The summed E-state index contributed by atoms with van der Waals surface area (Å²) < 4.78 is 5.15. The maximum absolute atomic E-state index is 12.4. The van der Waals surface area contributed by atoms with Crippen LogP contribution in [0.3, 0.4) is 0 Å². The van der Waals surface area contributed by atoms with Crippen LogP contribution < -0.4 is 0 Å². The summed E-state index contributed by atoms with van der Waals surface area (Å²) in [6.45, 7) is 1.68. The van der Waals surface area contributed by atoms with Crippen molar-refractivity contribution in [3.05, 3.63) is 34.4 Å². The summed E-state index contributed by atoms with van der Waals surface area (Å²) in [6.07, 6.45) is -1.67. The standard InChI is InChI=1S/C14H12O6/c1-5-2-7-11(14(19)20-5)13(18)10-8(12(7)17)3-6(15)4-9(10)16/h3-5,14-16,19H,2H2,1H3/t5-,14+/m1/s1. The third-order valence-corrected chi connectivity index (χ3v) is 3.52. The first-order chi connectivity index (χ1) is 9.40. The topological polar surface area (TPSA) is 104 Å². The number of aromatic hydroxyl groups is 2. The molecule has 20 heavy (non-hydrogen) atoms. The third-order valence-electron chi connectivity index (χ3n) is 3.52. The van der Waals surface area contributed by atoms with E-state index < -0.39 is 29.7 Å². The van der Waals surface area contributed by atoms with Gasteiger partial charge in [0.25, 0.3) is 0 Å². The van der Waals surface area contributed by atoms with Crippen LogP contribution >= 0.6 is 0 Å². The average molecular weight is 276 g/mol. The molecule has 2 atom stereocenters. The molecule has 1 aromatic carbocycles. The van der Waals surface area contributed by atoms with Gasteiger partial charge in [0.15, 0.2) is 17.9 Å². The minimum absolute atomic E-state index is 0.0486. The van der Waals surface area contributed by atoms with E-state index in [2.05, 4.69) is 0 Å². The first-order valence-electron chi connectivity index (χ1n) is 6.12. The van der Waals surface area contributed by atoms with Crippen molar-refractivity contribution in [2.24, 2.45) is 0 Å². The molecule has 0 saturated heterocycles. The number of phenols is 2. The van der Waals surface area contributed by atoms with E-state index in [0.717, 1.165) is 12.1 Å². The number of aliphatic hydroxyl groups excluding tert-OH is 1. The molecule has 1 aliphatic carbocycles. The van der Waals surface area contributed by atoms with Crippen molar-refractivity contribution in [2.45, 2.75) is 25.7 Å². The highest BCUT2D eigenvalue weighted by Gasteiger charge is 2.41. The highest BCUT2D eigenvalue weighted by molar-refractivity contribution is 6.28. The Morgan fingerprint density at radius 3 is 2.60 bits per heavy atom. The highest BCUT2D eigenvalue weighted by atomic mass is 16.6. The minimum atomic E-state index is -1.48. The number of carbonyl (C=O) groups is 2. The molecule has 6 nitrogen and oxygen atoms in total. The van der Waals surface area contributed by atoms with Gasteiger partial charge in [-0.15, -0.1) is 0 Å². The summed E-state index contributed by atoms with van der Waals surface area (Å²) in [5.74, 6) is -1.91. The fourth-order valence-electron chi connectivity index (χ4n) is 2.67. The van der Waals surface area contributed by atoms with Gasteiger partial charge in [-0.2, -0.15) is 0 Å². The molecule has 0 spiro atoms. The number of Topliss-reactive ketones (excluding diaryl/α,β-unsaturated/α-hetero) is 2. The van der Waals surface area contributed by atoms with Gasteiger partial charge in [-0.1, -0.05) is 0 Å². The molecule has 1 aliphatic heterocycles. The van der Waals surface area contributed by atoms with Crippen LogP contribution in [0.1, 0.15) is 34.1 Å². The van der Waals surface area contributed by atoms with Gasteiger partial charge in [0.05, 0.1) is 17.2 Å². The van der Waals surface area contributed by atoms with Crippen molar-refractivity contribution in [3.8, 4) is 11.5 Å². The van der Waals surface area contributed by atoms with Crippen molar-refractivity contribution < 1.29 is 29.6 Å². The molecule has 0 bridgehead atoms. The second-order valence-corrected chi connectivity index (χ2v) is 4.94. The van der Waals surface area contributed by atoms with Crippen LogP contribution in [0.25, 0.3) is 0 Å². The molecule has 0 amide bonds. The van der Waals surface area contributed by atoms with Crippen LogP contribution in [0.15, 0.2) is 23.3 Å². The lowest BCUT2D eigenvalue weighted by atomic mass is 9.80. The van der Waals surface area contributed by atoms with Crippen molar-refractivity contribution in [2.75, 3.05) is 0 Å². The zero-order valence-corrected chi connectivity index (χ0v) is 10.6. The summed E-state index contributed by atoms with van der Waals surface area (Å²) >= 11 is 0. The van der Waals surface area contributed by atoms with Crippen LogP contribution in [0.5, 0.6) is 11.5 Å². The second kappa shape index (κ2) is 4.16. The van der Waals surface area contributed by atoms with E-state index in [0.29, 0.717) is 0 Å². The Morgan fingerprint density at radius 1 is 1.20 bits per heavy atom. The molecule has 0 unspecified atom stereocenters. The Morgan fingerprint density at radius 2 is 1.90 bits per heavy atom. The van der Waals surface area contributed by atoms with E-state index in [1.165, 1.54) is 0 Å². The molecule has 0 aromatic heterocycles. The number of hydrogen-bond donors (Lipinski definition) is 3. The molecule has 3 N–H and O–H groups in total. The monoisotopic (exact) mass is 276 g/mol. The molecule has 3 rings (SSSR count). The zero-order chi connectivity index (χ0) is 14.6. The number of carbonyl (C=O) groups excluding carboxylic acids is 2. The number of rotatable bonds is 0. The number of aliphatic hydroxyl groups is 1. The molecule has 0 fully saturated rings. The summed E-state index contributed by atoms with van der Waals surface area (Å²) in [5.41, 5.74) is -0.198. The smallest absolute Gasteiger partial charge is 0.198 e. The molecule has 0 saturated carbocycles. The number of hydrogen-bond acceptors (Lipinski definition) is 6. The van der Waals surface area contributed by atoms with Crippen LogP contribution in [0.2, 0.25) is 0 Å². The maximum atomic E-state index is 12.4. The van der Waals surface area contributed by atoms with Crippen molar-refractivity contribution >= 4 is 11.6 Å². The summed E-state index contributed by atoms with van der Waals surface area (Å²) in [4.78, 5) is 24.7. The molecule has 2 aliphatic rings. The lowest BCUT2D eigenvalue weighted by Gasteiger charge is -2.31. The Bertz CT molecular complexity index is 672. The highest BCUT2D eigenvalue weighted by Crippen LogP contribution is 2.39. The molecule has 0 radical (unpaired) electrons. The number of fused-ring (bicyclic) bond motifs is 1. The van der Waals surface area contributed by atoms with Crippen LogP contribution in [-0.4, -0.2) is 39.3 Å². The molecular formula is C14H12O6. The Hall–Kier alpha value is -2.18. The zero-order valence-electron chi connectivity index (χ0n) is 10.6. The van der Waals surface area contributed by atoms with Crippen LogP contribution in [-0.2, 0) is 4.74 Å². The van der Waals surface area contributed by atoms with E-state index in [1.807, 2.05) is 0 Å². The van der Waals surface area contributed by atoms with Gasteiger partial charge in [-0.3, -0.25) is 9.59 Å². The van der Waals surface area contributed by atoms with E-state index in [1.54, 1.807) is 6.92 Å². The predicted molar refractivity (Wildman–Crippen MR) is 66.6 cm³/mol. The molecule has 104 valence electrons. The number of ketones is 2. The van der Waals surface area contributed by atoms with E-state index in [4.69, 9.17) is 4.74 Å². The van der Waals surface area contributed by atoms with E-state index in [-0.39, 0.29) is 34.4 Å². The third kappa shape index (κ3) is 1.65. The second-order valence-electron chi connectivity index (χ2n) is 4.94. The number of ether oxygens (including phenoxy) is 1. The van der Waals surface area contributed by atoms with Gasteiger partial charge < -0.3 is 20.1 Å². The molecular weight excluding hydrogens is 264 g/mol. The van der Waals surface area contributed by atoms with Crippen molar-refractivity contribution in [1.82, 2.24) is 0 Å². The number of phenolic OH excluding ortho intramolecular Hbond substituents is 2. The number of benzene rings is 1. The summed E-state index contributed by atoms with van der Waals surface area (Å²) in [6, 6.07) is 2.12. The molecule has 6 heteroatoms. The molecule has 1 aromatic rings. The SMILES string of the molecule is C[C@@H]1CC2=C(C(=O)c3c(O)cc(O)cc3C2=O)[C@@H](O)O1. The quantitative estimate of drug-likeness (QED) is 0.650. The Balaban J connectivity index is 2.25. The van der Waals surface area contributed by atoms with Crippen molar-refractivity contribution in [1.29, 1.82) is 0 Å². The van der Waals surface area contributed by atoms with E-state index >= 15 is 0 Å². The van der Waals surface area contributed by atoms with Gasteiger partial charge in [0, 0.05) is 23.6 Å².